The highest BCUT2D eigenvalue weighted by Gasteiger charge is 2.13. The largest absolute Gasteiger partial charge is 0.478 e. The molecule has 20 heavy (non-hydrogen) atoms. The summed E-state index contributed by atoms with van der Waals surface area (Å²) in [4.78, 5) is 11.1. The third kappa shape index (κ3) is 2.89. The first-order chi connectivity index (χ1) is 9.52. The molecule has 6 heteroatoms. The number of rotatable bonds is 4. The topological polar surface area (TPSA) is 75.3 Å². The van der Waals surface area contributed by atoms with Crippen molar-refractivity contribution in [1.82, 2.24) is 0 Å². The molecule has 4 N–H and O–H groups in total. The molecular formula is C14H12ClFN2O2. The highest BCUT2D eigenvalue weighted by Crippen LogP contribution is 2.28. The number of nitrogens with two attached hydrogens (primary N) is 1. The predicted octanol–water partition coefficient (Wildman–Crippen LogP) is 3.38. The molecule has 0 fully saturated rings. The Labute approximate surface area is 120 Å². The maximum atomic E-state index is 13.3. The molecule has 104 valence electrons. The molecule has 2 aromatic rings. The number of hydrogen-bond donors (Lipinski definition) is 3. The molecule has 0 bridgehead atoms. The molecule has 0 spiro atoms. The second-order valence-corrected chi connectivity index (χ2v) is 4.50. The van der Waals surface area contributed by atoms with E-state index in [4.69, 9.17) is 22.4 Å². The Morgan fingerprint density at radius 1 is 1.30 bits per heavy atom. The van der Waals surface area contributed by atoms with Crippen LogP contribution in [0.3, 0.4) is 0 Å². The van der Waals surface area contributed by atoms with E-state index in [-0.39, 0.29) is 17.8 Å². The van der Waals surface area contributed by atoms with Crippen molar-refractivity contribution in [3.63, 3.8) is 0 Å². The van der Waals surface area contributed by atoms with Crippen LogP contribution < -0.4 is 11.1 Å². The van der Waals surface area contributed by atoms with Gasteiger partial charge >= 0.3 is 5.97 Å². The number of hydrogen-bond acceptors (Lipinski definition) is 3. The van der Waals surface area contributed by atoms with Crippen molar-refractivity contribution in [3.05, 3.63) is 58.4 Å². The molecule has 0 aromatic heterocycles. The minimum atomic E-state index is -1.15. The molecular weight excluding hydrogens is 283 g/mol. The van der Waals surface area contributed by atoms with Gasteiger partial charge in [0.1, 0.15) is 5.82 Å². The smallest absolute Gasteiger partial charge is 0.337 e. The standard InChI is InChI=1S/C14H12ClFN2O2/c15-11-2-1-3-12(10(11)7-17)18-13-6-8(16)4-5-9(13)14(19)20/h1-6,18H,7,17H2,(H,19,20). The molecule has 0 radical (unpaired) electrons. The monoisotopic (exact) mass is 294 g/mol. The zero-order chi connectivity index (χ0) is 14.7. The Kier molecular flexibility index (Phi) is 4.22. The van der Waals surface area contributed by atoms with Gasteiger partial charge in [0.2, 0.25) is 0 Å². The fraction of sp³-hybridized carbons (Fsp3) is 0.0714. The maximum Gasteiger partial charge on any atom is 0.337 e. The predicted molar refractivity (Wildman–Crippen MR) is 76.0 cm³/mol. The van der Waals surface area contributed by atoms with Gasteiger partial charge in [0, 0.05) is 22.8 Å². The molecule has 0 amide bonds. The Balaban J connectivity index is 2.47. The SMILES string of the molecule is NCc1c(Cl)cccc1Nc1cc(F)ccc1C(=O)O. The lowest BCUT2D eigenvalue weighted by Crippen LogP contribution is -2.06. The summed E-state index contributed by atoms with van der Waals surface area (Å²) >= 11 is 6.02. The van der Waals surface area contributed by atoms with Gasteiger partial charge in [-0.15, -0.1) is 0 Å². The van der Waals surface area contributed by atoms with Crippen molar-refractivity contribution in [2.24, 2.45) is 5.73 Å². The Morgan fingerprint density at radius 3 is 2.70 bits per heavy atom. The van der Waals surface area contributed by atoms with Gasteiger partial charge in [-0.1, -0.05) is 17.7 Å². The summed E-state index contributed by atoms with van der Waals surface area (Å²) < 4.78 is 13.3. The van der Waals surface area contributed by atoms with Crippen LogP contribution in [0, 0.1) is 5.82 Å². The van der Waals surface area contributed by atoms with Crippen molar-refractivity contribution in [3.8, 4) is 0 Å². The number of carbonyl (C=O) groups is 1. The second-order valence-electron chi connectivity index (χ2n) is 4.09. The number of anilines is 2. The van der Waals surface area contributed by atoms with Crippen LogP contribution in [-0.4, -0.2) is 11.1 Å². The van der Waals surface area contributed by atoms with Gasteiger partial charge in [-0.2, -0.15) is 0 Å². The Hall–Kier alpha value is -2.11. The molecule has 2 rings (SSSR count). The summed E-state index contributed by atoms with van der Waals surface area (Å²) in [5, 5.41) is 12.4. The zero-order valence-corrected chi connectivity index (χ0v) is 11.1. The first kappa shape index (κ1) is 14.3. The average Bonchev–Trinajstić information content (AvgIpc) is 2.38. The third-order valence-electron chi connectivity index (χ3n) is 2.80. The van der Waals surface area contributed by atoms with Gasteiger partial charge in [-0.05, 0) is 30.3 Å². The van der Waals surface area contributed by atoms with Crippen LogP contribution in [0.5, 0.6) is 0 Å². The van der Waals surface area contributed by atoms with E-state index in [1.807, 2.05) is 0 Å². The van der Waals surface area contributed by atoms with Crippen molar-refractivity contribution in [2.75, 3.05) is 5.32 Å². The molecule has 0 heterocycles. The minimum Gasteiger partial charge on any atom is -0.478 e. The van der Waals surface area contributed by atoms with Crippen LogP contribution in [0.4, 0.5) is 15.8 Å². The molecule has 0 saturated carbocycles. The summed E-state index contributed by atoms with van der Waals surface area (Å²) in [5.74, 6) is -1.68. The van der Waals surface area contributed by atoms with Crippen LogP contribution >= 0.6 is 11.6 Å². The molecule has 0 saturated heterocycles. The Bertz CT molecular complexity index is 662. The summed E-state index contributed by atoms with van der Waals surface area (Å²) in [7, 11) is 0. The van der Waals surface area contributed by atoms with Gasteiger partial charge in [0.25, 0.3) is 0 Å². The van der Waals surface area contributed by atoms with Gasteiger partial charge in [-0.3, -0.25) is 0 Å². The molecule has 2 aromatic carbocycles. The van der Waals surface area contributed by atoms with E-state index in [2.05, 4.69) is 5.32 Å². The summed E-state index contributed by atoms with van der Waals surface area (Å²) in [6.45, 7) is 0.180. The quantitative estimate of drug-likeness (QED) is 0.808. The number of carboxylic acid groups (broad SMARTS) is 1. The van der Waals surface area contributed by atoms with Crippen molar-refractivity contribution >= 4 is 28.9 Å². The molecule has 0 atom stereocenters. The summed E-state index contributed by atoms with van der Waals surface area (Å²) in [6, 6.07) is 8.49. The molecule has 0 unspecified atom stereocenters. The van der Waals surface area contributed by atoms with Gasteiger partial charge in [0.05, 0.1) is 11.3 Å². The number of carboxylic acids is 1. The van der Waals surface area contributed by atoms with Crippen LogP contribution in [0.15, 0.2) is 36.4 Å². The van der Waals surface area contributed by atoms with E-state index in [0.717, 1.165) is 12.1 Å². The highest BCUT2D eigenvalue weighted by atomic mass is 35.5. The summed E-state index contributed by atoms with van der Waals surface area (Å²) in [5.41, 5.74) is 6.92. The number of halogens is 2. The van der Waals surface area contributed by atoms with Crippen molar-refractivity contribution in [2.45, 2.75) is 6.54 Å². The fourth-order valence-electron chi connectivity index (χ4n) is 1.83. The van der Waals surface area contributed by atoms with Gasteiger partial charge in [0.15, 0.2) is 0 Å². The lowest BCUT2D eigenvalue weighted by Gasteiger charge is -2.14. The molecule has 0 aliphatic heterocycles. The first-order valence-electron chi connectivity index (χ1n) is 5.80. The van der Waals surface area contributed by atoms with Crippen molar-refractivity contribution in [1.29, 1.82) is 0 Å². The molecule has 0 aliphatic carbocycles. The number of benzene rings is 2. The van der Waals surface area contributed by atoms with E-state index in [0.29, 0.717) is 16.3 Å². The zero-order valence-electron chi connectivity index (χ0n) is 10.4. The van der Waals surface area contributed by atoms with E-state index >= 15 is 0 Å². The van der Waals surface area contributed by atoms with E-state index in [1.165, 1.54) is 6.07 Å². The Morgan fingerprint density at radius 2 is 2.05 bits per heavy atom. The molecule has 4 nitrogen and oxygen atoms in total. The van der Waals surface area contributed by atoms with Gasteiger partial charge < -0.3 is 16.2 Å². The van der Waals surface area contributed by atoms with Crippen LogP contribution in [0.25, 0.3) is 0 Å². The van der Waals surface area contributed by atoms with E-state index in [9.17, 15) is 9.18 Å². The maximum absolute atomic E-state index is 13.3. The third-order valence-corrected chi connectivity index (χ3v) is 3.16. The number of aromatic carboxylic acids is 1. The van der Waals surface area contributed by atoms with Crippen LogP contribution in [0.1, 0.15) is 15.9 Å². The van der Waals surface area contributed by atoms with Crippen LogP contribution in [0.2, 0.25) is 5.02 Å². The van der Waals surface area contributed by atoms with Crippen LogP contribution in [-0.2, 0) is 6.54 Å². The van der Waals surface area contributed by atoms with E-state index < -0.39 is 11.8 Å². The normalized spacial score (nSPS) is 10.3. The fourth-order valence-corrected chi connectivity index (χ4v) is 2.09. The lowest BCUT2D eigenvalue weighted by atomic mass is 10.1. The minimum absolute atomic E-state index is 0.0330. The lowest BCUT2D eigenvalue weighted by molar-refractivity contribution is 0.0698. The number of nitrogens with one attached hydrogen (secondary N) is 1. The summed E-state index contributed by atoms with van der Waals surface area (Å²) in [6.07, 6.45) is 0. The van der Waals surface area contributed by atoms with Crippen molar-refractivity contribution < 1.29 is 14.3 Å². The molecule has 0 aliphatic rings. The van der Waals surface area contributed by atoms with Gasteiger partial charge in [-0.25, -0.2) is 9.18 Å². The average molecular weight is 295 g/mol. The highest BCUT2D eigenvalue weighted by molar-refractivity contribution is 6.31. The second kappa shape index (κ2) is 5.90. The first-order valence-corrected chi connectivity index (χ1v) is 6.18. The van der Waals surface area contributed by atoms with E-state index in [1.54, 1.807) is 18.2 Å².